The van der Waals surface area contributed by atoms with Crippen LogP contribution < -0.4 is 5.32 Å². The highest BCUT2D eigenvalue weighted by atomic mass is 16.5. The van der Waals surface area contributed by atoms with Gasteiger partial charge in [-0.2, -0.15) is 0 Å². The van der Waals surface area contributed by atoms with E-state index in [-0.39, 0.29) is 17.6 Å². The molecule has 9 nitrogen and oxygen atoms in total. The van der Waals surface area contributed by atoms with Crippen molar-refractivity contribution in [3.05, 3.63) is 41.3 Å². The van der Waals surface area contributed by atoms with Crippen molar-refractivity contribution in [3.8, 4) is 0 Å². The molecule has 0 aliphatic carbocycles. The van der Waals surface area contributed by atoms with Crippen LogP contribution in [0.4, 0.5) is 0 Å². The van der Waals surface area contributed by atoms with Gasteiger partial charge in [0.15, 0.2) is 5.82 Å². The Labute approximate surface area is 144 Å². The Morgan fingerprint density at radius 2 is 2.28 bits per heavy atom. The molecule has 1 N–H and O–H groups in total. The Morgan fingerprint density at radius 3 is 3.00 bits per heavy atom. The molecule has 132 valence electrons. The number of morpholine rings is 1. The Hall–Kier alpha value is -2.81. The summed E-state index contributed by atoms with van der Waals surface area (Å²) in [4.78, 5) is 33.8. The highest BCUT2D eigenvalue weighted by Crippen LogP contribution is 2.21. The van der Waals surface area contributed by atoms with Crippen LogP contribution in [0.5, 0.6) is 0 Å². The average Bonchev–Trinajstić information content (AvgIpc) is 3.06. The maximum absolute atomic E-state index is 12.5. The Bertz CT molecular complexity index is 775. The predicted octanol–water partition coefficient (Wildman–Crippen LogP) is 0.623. The molecule has 3 heterocycles. The molecule has 0 aromatic carbocycles. The van der Waals surface area contributed by atoms with E-state index in [1.54, 1.807) is 30.2 Å². The Balaban J connectivity index is 1.69. The van der Waals surface area contributed by atoms with E-state index in [0.717, 1.165) is 0 Å². The van der Waals surface area contributed by atoms with Gasteiger partial charge in [0, 0.05) is 25.7 Å². The van der Waals surface area contributed by atoms with E-state index in [1.165, 1.54) is 6.92 Å². The molecule has 0 spiro atoms. The van der Waals surface area contributed by atoms with Crippen molar-refractivity contribution >= 4 is 11.8 Å². The molecule has 0 saturated carbocycles. The SMILES string of the molecule is CC(=O)NCc1ccnc(C2CN(C(=O)c3cc(C)no3)CCO2)n1. The standard InChI is InChI=1S/C16H19N5O4/c1-10-7-13(25-20-10)16(23)21-5-6-24-14(9-21)15-17-4-3-12(19-15)8-18-11(2)22/h3-4,7,14H,5-6,8-9H2,1-2H3,(H,18,22). The molecule has 2 aromatic heterocycles. The van der Waals surface area contributed by atoms with Crippen LogP contribution in [0.15, 0.2) is 22.9 Å². The number of carbonyl (C=O) groups excluding carboxylic acids is 2. The second-order valence-corrected chi connectivity index (χ2v) is 5.76. The number of carbonyl (C=O) groups is 2. The molecule has 0 radical (unpaired) electrons. The number of amides is 2. The summed E-state index contributed by atoms with van der Waals surface area (Å²) < 4.78 is 10.8. The number of hydrogen-bond donors (Lipinski definition) is 1. The number of aromatic nitrogens is 3. The summed E-state index contributed by atoms with van der Waals surface area (Å²) in [7, 11) is 0. The second-order valence-electron chi connectivity index (χ2n) is 5.76. The lowest BCUT2D eigenvalue weighted by Crippen LogP contribution is -2.42. The van der Waals surface area contributed by atoms with Gasteiger partial charge < -0.3 is 19.5 Å². The summed E-state index contributed by atoms with van der Waals surface area (Å²) in [6, 6.07) is 3.33. The Morgan fingerprint density at radius 1 is 1.44 bits per heavy atom. The maximum Gasteiger partial charge on any atom is 0.292 e. The van der Waals surface area contributed by atoms with Crippen molar-refractivity contribution in [2.75, 3.05) is 19.7 Å². The third-order valence-electron chi connectivity index (χ3n) is 3.73. The van der Waals surface area contributed by atoms with Crippen LogP contribution >= 0.6 is 0 Å². The lowest BCUT2D eigenvalue weighted by molar-refractivity contribution is -0.119. The molecule has 2 amide bonds. The molecular weight excluding hydrogens is 326 g/mol. The lowest BCUT2D eigenvalue weighted by Gasteiger charge is -2.31. The number of aryl methyl sites for hydroxylation is 1. The van der Waals surface area contributed by atoms with Gasteiger partial charge in [-0.1, -0.05) is 5.16 Å². The van der Waals surface area contributed by atoms with Gasteiger partial charge in [-0.05, 0) is 13.0 Å². The first-order valence-corrected chi connectivity index (χ1v) is 7.93. The summed E-state index contributed by atoms with van der Waals surface area (Å²) in [6.45, 7) is 4.68. The van der Waals surface area contributed by atoms with Gasteiger partial charge in [-0.15, -0.1) is 0 Å². The number of nitrogens with zero attached hydrogens (tertiary/aromatic N) is 4. The maximum atomic E-state index is 12.5. The minimum absolute atomic E-state index is 0.131. The summed E-state index contributed by atoms with van der Waals surface area (Å²) in [6.07, 6.45) is 1.18. The highest BCUT2D eigenvalue weighted by Gasteiger charge is 2.29. The van der Waals surface area contributed by atoms with E-state index >= 15 is 0 Å². The van der Waals surface area contributed by atoms with E-state index in [2.05, 4.69) is 20.4 Å². The van der Waals surface area contributed by atoms with Crippen LogP contribution in [0.25, 0.3) is 0 Å². The Kier molecular flexibility index (Phi) is 5.03. The summed E-state index contributed by atoms with van der Waals surface area (Å²) in [5.74, 6) is 0.323. The molecule has 1 unspecified atom stereocenters. The number of hydrogen-bond acceptors (Lipinski definition) is 7. The lowest BCUT2D eigenvalue weighted by atomic mass is 10.2. The van der Waals surface area contributed by atoms with Crippen molar-refractivity contribution in [2.45, 2.75) is 26.5 Å². The van der Waals surface area contributed by atoms with Crippen molar-refractivity contribution in [1.82, 2.24) is 25.3 Å². The monoisotopic (exact) mass is 345 g/mol. The third kappa shape index (κ3) is 4.18. The van der Waals surface area contributed by atoms with E-state index in [4.69, 9.17) is 9.26 Å². The van der Waals surface area contributed by atoms with Crippen LogP contribution in [0.1, 0.15) is 40.8 Å². The van der Waals surface area contributed by atoms with E-state index in [9.17, 15) is 9.59 Å². The topological polar surface area (TPSA) is 110 Å². The number of rotatable bonds is 4. The van der Waals surface area contributed by atoms with Gasteiger partial charge >= 0.3 is 0 Å². The number of nitrogens with one attached hydrogen (secondary N) is 1. The quantitative estimate of drug-likeness (QED) is 0.865. The van der Waals surface area contributed by atoms with Gasteiger partial charge in [0.1, 0.15) is 6.10 Å². The molecular formula is C16H19N5O4. The minimum atomic E-state index is -0.431. The van der Waals surface area contributed by atoms with Gasteiger partial charge in [0.25, 0.3) is 5.91 Å². The molecule has 0 bridgehead atoms. The molecule has 1 aliphatic rings. The molecule has 2 aromatic rings. The normalized spacial score (nSPS) is 17.4. The van der Waals surface area contributed by atoms with Crippen LogP contribution in [-0.2, 0) is 16.1 Å². The van der Waals surface area contributed by atoms with Crippen LogP contribution in [0, 0.1) is 6.92 Å². The fourth-order valence-corrected chi connectivity index (χ4v) is 2.49. The summed E-state index contributed by atoms with van der Waals surface area (Å²) >= 11 is 0. The van der Waals surface area contributed by atoms with Gasteiger partial charge in [-0.25, -0.2) is 9.97 Å². The highest BCUT2D eigenvalue weighted by molar-refractivity contribution is 5.91. The van der Waals surface area contributed by atoms with E-state index in [1.807, 2.05) is 0 Å². The van der Waals surface area contributed by atoms with Crippen LogP contribution in [0.3, 0.4) is 0 Å². The number of ether oxygens (including phenoxy) is 1. The summed E-state index contributed by atoms with van der Waals surface area (Å²) in [5, 5.41) is 6.43. The molecule has 9 heteroatoms. The fraction of sp³-hybridized carbons (Fsp3) is 0.438. The summed E-state index contributed by atoms with van der Waals surface area (Å²) in [5.41, 5.74) is 1.33. The van der Waals surface area contributed by atoms with E-state index in [0.29, 0.717) is 43.5 Å². The van der Waals surface area contributed by atoms with E-state index < -0.39 is 6.10 Å². The van der Waals surface area contributed by atoms with Crippen molar-refractivity contribution < 1.29 is 18.8 Å². The van der Waals surface area contributed by atoms with Crippen molar-refractivity contribution in [2.24, 2.45) is 0 Å². The zero-order valence-electron chi connectivity index (χ0n) is 14.1. The largest absolute Gasteiger partial charge is 0.367 e. The molecule has 1 atom stereocenters. The van der Waals surface area contributed by atoms with Crippen LogP contribution in [-0.4, -0.2) is 51.5 Å². The van der Waals surface area contributed by atoms with Crippen molar-refractivity contribution in [3.63, 3.8) is 0 Å². The zero-order chi connectivity index (χ0) is 17.8. The molecule has 3 rings (SSSR count). The molecule has 1 aliphatic heterocycles. The smallest absolute Gasteiger partial charge is 0.292 e. The molecule has 25 heavy (non-hydrogen) atoms. The van der Waals surface area contributed by atoms with Crippen LogP contribution in [0.2, 0.25) is 0 Å². The van der Waals surface area contributed by atoms with Crippen molar-refractivity contribution in [1.29, 1.82) is 0 Å². The van der Waals surface area contributed by atoms with Gasteiger partial charge in [-0.3, -0.25) is 9.59 Å². The van der Waals surface area contributed by atoms with Gasteiger partial charge in [0.2, 0.25) is 11.7 Å². The first-order valence-electron chi connectivity index (χ1n) is 7.93. The zero-order valence-corrected chi connectivity index (χ0v) is 14.1. The molecule has 1 fully saturated rings. The predicted molar refractivity (Wildman–Crippen MR) is 85.4 cm³/mol. The minimum Gasteiger partial charge on any atom is -0.367 e. The first-order chi connectivity index (χ1) is 12.0. The fourth-order valence-electron chi connectivity index (χ4n) is 2.49. The first kappa shape index (κ1) is 17.0. The van der Waals surface area contributed by atoms with Gasteiger partial charge in [0.05, 0.1) is 31.1 Å². The second kappa shape index (κ2) is 7.39. The molecule has 1 saturated heterocycles. The third-order valence-corrected chi connectivity index (χ3v) is 3.73. The average molecular weight is 345 g/mol.